The van der Waals surface area contributed by atoms with Crippen LogP contribution in [0.2, 0.25) is 0 Å². The van der Waals surface area contributed by atoms with Gasteiger partial charge >= 0.3 is 0 Å². The fourth-order valence-electron chi connectivity index (χ4n) is 2.46. The minimum Gasteiger partial charge on any atom is -0.350 e. The van der Waals surface area contributed by atoms with Gasteiger partial charge in [0, 0.05) is 48.7 Å². The highest BCUT2D eigenvalue weighted by Gasteiger charge is 2.09. The number of carbonyl (C=O) groups is 2. The van der Waals surface area contributed by atoms with Crippen molar-refractivity contribution in [3.8, 4) is 0 Å². The average molecular weight is 420 g/mol. The molecule has 0 aliphatic rings. The van der Waals surface area contributed by atoms with Crippen LogP contribution in [0.3, 0.4) is 0 Å². The molecule has 2 rings (SSSR count). The van der Waals surface area contributed by atoms with Crippen LogP contribution in [0.5, 0.6) is 0 Å². The molecule has 0 bridgehead atoms. The molecule has 0 aromatic carbocycles. The Bertz CT molecular complexity index is 684. The van der Waals surface area contributed by atoms with Crippen molar-refractivity contribution in [2.24, 2.45) is 0 Å². The first-order valence-corrected chi connectivity index (χ1v) is 12.0. The predicted molar refractivity (Wildman–Crippen MR) is 115 cm³/mol. The molecule has 1 N–H and O–H groups in total. The van der Waals surface area contributed by atoms with E-state index in [4.69, 9.17) is 0 Å². The van der Waals surface area contributed by atoms with Gasteiger partial charge in [0.2, 0.25) is 13.1 Å². The molecule has 7 heteroatoms. The van der Waals surface area contributed by atoms with Crippen LogP contribution >= 0.6 is 21.6 Å². The minimum absolute atomic E-state index is 0.0265. The van der Waals surface area contributed by atoms with E-state index in [9.17, 15) is 9.59 Å². The Morgan fingerprint density at radius 3 is 2.00 bits per heavy atom. The molecule has 0 unspecified atom stereocenters. The average Bonchev–Trinajstić information content (AvgIpc) is 2.67. The zero-order valence-electron chi connectivity index (χ0n) is 16.6. The highest BCUT2D eigenvalue weighted by molar-refractivity contribution is 8.76. The molecule has 2 heterocycles. The zero-order valence-corrected chi connectivity index (χ0v) is 18.2. The molecule has 150 valence electrons. The molecule has 0 saturated heterocycles. The lowest BCUT2D eigenvalue weighted by atomic mass is 10.2. The molecule has 0 radical (unpaired) electrons. The maximum atomic E-state index is 12.0. The molecule has 0 aliphatic heterocycles. The van der Waals surface area contributed by atoms with E-state index >= 15 is 0 Å². The molecular formula is C21H29N3O2S2+2. The number of Topliss-reactive ketones (excluding diaryl/α,β-unsaturated/α-hetero) is 1. The summed E-state index contributed by atoms with van der Waals surface area (Å²) in [7, 11) is 3.50. The van der Waals surface area contributed by atoms with Gasteiger partial charge in [0.15, 0.2) is 30.6 Å². The van der Waals surface area contributed by atoms with E-state index in [0.717, 1.165) is 17.9 Å². The summed E-state index contributed by atoms with van der Waals surface area (Å²) in [6.07, 6.45) is 9.22. The SMILES string of the molecule is Cc1cc[n+](CC(=O)CCCSSCCNC(=O)C[n+]2ccc(C)cc2)cc1. The molecule has 5 nitrogen and oxygen atoms in total. The van der Waals surface area contributed by atoms with Gasteiger partial charge in [-0.3, -0.25) is 9.59 Å². The predicted octanol–water partition coefficient (Wildman–Crippen LogP) is 2.43. The maximum absolute atomic E-state index is 12.0. The van der Waals surface area contributed by atoms with Crippen LogP contribution in [0.4, 0.5) is 0 Å². The second-order valence-electron chi connectivity index (χ2n) is 6.73. The van der Waals surface area contributed by atoms with Crippen molar-refractivity contribution in [1.82, 2.24) is 5.32 Å². The van der Waals surface area contributed by atoms with Gasteiger partial charge in [-0.15, -0.1) is 0 Å². The van der Waals surface area contributed by atoms with E-state index in [2.05, 4.69) is 5.32 Å². The van der Waals surface area contributed by atoms with Gasteiger partial charge in [0.25, 0.3) is 5.91 Å². The topological polar surface area (TPSA) is 53.9 Å². The Labute approximate surface area is 175 Å². The van der Waals surface area contributed by atoms with Gasteiger partial charge in [0.1, 0.15) is 0 Å². The highest BCUT2D eigenvalue weighted by Crippen LogP contribution is 2.21. The zero-order chi connectivity index (χ0) is 20.2. The van der Waals surface area contributed by atoms with E-state index in [1.165, 1.54) is 11.1 Å². The first kappa shape index (κ1) is 22.4. The summed E-state index contributed by atoms with van der Waals surface area (Å²) >= 11 is 0. The summed E-state index contributed by atoms with van der Waals surface area (Å²) in [6, 6.07) is 8.00. The number of rotatable bonds is 12. The summed E-state index contributed by atoms with van der Waals surface area (Å²) in [4.78, 5) is 23.9. The number of ketones is 1. The van der Waals surface area contributed by atoms with Crippen LogP contribution in [0, 0.1) is 13.8 Å². The Kier molecular flexibility index (Phi) is 10.1. The number of aryl methyl sites for hydroxylation is 2. The van der Waals surface area contributed by atoms with E-state index in [1.54, 1.807) is 21.6 Å². The smallest absolute Gasteiger partial charge is 0.286 e. The largest absolute Gasteiger partial charge is 0.350 e. The van der Waals surface area contributed by atoms with Crippen LogP contribution in [-0.2, 0) is 22.7 Å². The van der Waals surface area contributed by atoms with Gasteiger partial charge < -0.3 is 5.32 Å². The van der Waals surface area contributed by atoms with Crippen LogP contribution in [0.15, 0.2) is 49.1 Å². The summed E-state index contributed by atoms with van der Waals surface area (Å²) in [6.45, 7) is 5.52. The van der Waals surface area contributed by atoms with Crippen LogP contribution in [0.1, 0.15) is 24.0 Å². The number of nitrogens with zero attached hydrogens (tertiary/aromatic N) is 2. The number of nitrogens with one attached hydrogen (secondary N) is 1. The summed E-state index contributed by atoms with van der Waals surface area (Å²) in [5.74, 6) is 2.10. The summed E-state index contributed by atoms with van der Waals surface area (Å²) in [5, 5.41) is 2.94. The number of carbonyl (C=O) groups excluding carboxylic acids is 2. The van der Waals surface area contributed by atoms with Crippen LogP contribution < -0.4 is 14.5 Å². The number of aromatic nitrogens is 2. The Hall–Kier alpha value is -1.86. The molecule has 0 saturated carbocycles. The summed E-state index contributed by atoms with van der Waals surface area (Å²) < 4.78 is 3.80. The van der Waals surface area contributed by atoms with Crippen LogP contribution in [0.25, 0.3) is 0 Å². The normalized spacial score (nSPS) is 10.6. The lowest BCUT2D eigenvalue weighted by Crippen LogP contribution is -2.42. The van der Waals surface area contributed by atoms with Gasteiger partial charge in [-0.25, -0.2) is 0 Å². The van der Waals surface area contributed by atoms with Crippen molar-refractivity contribution >= 4 is 33.3 Å². The minimum atomic E-state index is 0.0265. The second-order valence-corrected chi connectivity index (χ2v) is 9.43. The fraction of sp³-hybridized carbons (Fsp3) is 0.429. The summed E-state index contributed by atoms with van der Waals surface area (Å²) in [5.41, 5.74) is 2.38. The van der Waals surface area contributed by atoms with E-state index in [0.29, 0.717) is 26.1 Å². The van der Waals surface area contributed by atoms with E-state index < -0.39 is 0 Å². The van der Waals surface area contributed by atoms with Crippen LogP contribution in [-0.4, -0.2) is 29.7 Å². The monoisotopic (exact) mass is 419 g/mol. The molecule has 2 aromatic rings. The number of pyridine rings is 2. The van der Waals surface area contributed by atoms with Crippen molar-refractivity contribution in [3.63, 3.8) is 0 Å². The molecule has 1 amide bonds. The Morgan fingerprint density at radius 2 is 1.39 bits per heavy atom. The Morgan fingerprint density at radius 1 is 0.857 bits per heavy atom. The van der Waals surface area contributed by atoms with Crippen molar-refractivity contribution < 1.29 is 18.7 Å². The van der Waals surface area contributed by atoms with Crippen molar-refractivity contribution in [2.75, 3.05) is 18.1 Å². The van der Waals surface area contributed by atoms with E-state index in [-0.39, 0.29) is 11.7 Å². The quantitative estimate of drug-likeness (QED) is 0.326. The van der Waals surface area contributed by atoms with Gasteiger partial charge in [-0.1, -0.05) is 21.6 Å². The molecule has 0 aliphatic carbocycles. The molecule has 0 fully saturated rings. The second kappa shape index (κ2) is 12.6. The highest BCUT2D eigenvalue weighted by atomic mass is 33.1. The van der Waals surface area contributed by atoms with Gasteiger partial charge in [-0.2, -0.15) is 9.13 Å². The molecule has 2 aromatic heterocycles. The fourth-order valence-corrected chi connectivity index (χ4v) is 4.45. The third-order valence-electron chi connectivity index (χ3n) is 4.07. The maximum Gasteiger partial charge on any atom is 0.286 e. The molecule has 0 spiro atoms. The number of amides is 1. The number of hydrogen-bond acceptors (Lipinski definition) is 4. The van der Waals surface area contributed by atoms with Crippen molar-refractivity contribution in [3.05, 3.63) is 60.2 Å². The molecule has 28 heavy (non-hydrogen) atoms. The Balaban J connectivity index is 1.45. The first-order chi connectivity index (χ1) is 13.5. The lowest BCUT2D eigenvalue weighted by Gasteiger charge is -2.03. The van der Waals surface area contributed by atoms with E-state index in [1.807, 2.05) is 72.0 Å². The lowest BCUT2D eigenvalue weighted by molar-refractivity contribution is -0.684. The van der Waals surface area contributed by atoms with Crippen molar-refractivity contribution in [1.29, 1.82) is 0 Å². The molecule has 0 atom stereocenters. The third-order valence-corrected chi connectivity index (χ3v) is 6.57. The first-order valence-electron chi connectivity index (χ1n) is 9.47. The third kappa shape index (κ3) is 9.37. The van der Waals surface area contributed by atoms with Gasteiger partial charge in [0.05, 0.1) is 0 Å². The van der Waals surface area contributed by atoms with Crippen molar-refractivity contribution in [2.45, 2.75) is 39.8 Å². The number of hydrogen-bond donors (Lipinski definition) is 1. The van der Waals surface area contributed by atoms with Gasteiger partial charge in [-0.05, 0) is 31.4 Å². The standard InChI is InChI=1S/C21H28N3O2S2/c1-18-5-10-23(11-6-18)16-20(25)4-3-14-27-28-15-9-22-21(26)17-24-12-7-19(2)8-13-24/h5-8,10-13H,3-4,9,14-17H2,1-2H3/q+1/p+1. The molecular weight excluding hydrogens is 390 g/mol.